The van der Waals surface area contributed by atoms with Gasteiger partial charge in [0.15, 0.2) is 0 Å². The molecule has 1 saturated heterocycles. The van der Waals surface area contributed by atoms with Gasteiger partial charge in [-0.15, -0.1) is 0 Å². The average molecular weight is 283 g/mol. The second-order valence-electron chi connectivity index (χ2n) is 5.78. The molecule has 1 aromatic carbocycles. The van der Waals surface area contributed by atoms with Crippen LogP contribution in [0.25, 0.3) is 0 Å². The number of nitrogens with zero attached hydrogens (tertiary/aromatic N) is 1. The summed E-state index contributed by atoms with van der Waals surface area (Å²) >= 11 is 0. The first-order chi connectivity index (χ1) is 9.33. The molecule has 1 fully saturated rings. The van der Waals surface area contributed by atoms with E-state index in [2.05, 4.69) is 0 Å². The number of aliphatic carboxylic acids is 1. The molecule has 0 saturated carbocycles. The van der Waals surface area contributed by atoms with Crippen molar-refractivity contribution < 1.29 is 18.7 Å². The molecule has 1 heterocycles. The van der Waals surface area contributed by atoms with E-state index in [4.69, 9.17) is 0 Å². The number of piperidine rings is 1. The summed E-state index contributed by atoms with van der Waals surface area (Å²) in [7, 11) is 0. The van der Waals surface area contributed by atoms with Crippen molar-refractivity contribution in [3.05, 3.63) is 35.4 Å². The van der Waals surface area contributed by atoms with Crippen LogP contribution in [0.2, 0.25) is 0 Å². The largest absolute Gasteiger partial charge is 0.481 e. The maximum Gasteiger partial charge on any atom is 0.310 e. The van der Waals surface area contributed by atoms with Gasteiger partial charge in [-0.25, -0.2) is 8.78 Å². The lowest BCUT2D eigenvalue weighted by atomic mass is 9.81. The molecule has 5 heteroatoms. The number of benzene rings is 1. The van der Waals surface area contributed by atoms with Gasteiger partial charge in [-0.2, -0.15) is 0 Å². The van der Waals surface area contributed by atoms with Crippen LogP contribution in [0, 0.1) is 17.0 Å². The molecule has 0 aromatic heterocycles. The van der Waals surface area contributed by atoms with Crippen LogP contribution in [0.15, 0.2) is 18.2 Å². The second kappa shape index (κ2) is 5.48. The molecule has 0 amide bonds. The molecule has 3 nitrogen and oxygen atoms in total. The number of carbonyl (C=O) groups is 1. The molecule has 0 radical (unpaired) electrons. The number of likely N-dealkylation sites (tertiary alicyclic amines) is 1. The number of hydrogen-bond acceptors (Lipinski definition) is 2. The van der Waals surface area contributed by atoms with Crippen LogP contribution in [-0.2, 0) is 4.79 Å². The standard InChI is InChI=1S/C15H19F2NO2/c1-10(12-8-11(16)4-5-13(12)17)18-7-3-6-15(2,9-18)14(19)20/h4-5,8,10H,3,6-7,9H2,1-2H3,(H,19,20). The zero-order chi connectivity index (χ0) is 14.9. The minimum atomic E-state index is -0.839. The Morgan fingerprint density at radius 1 is 1.45 bits per heavy atom. The first-order valence-corrected chi connectivity index (χ1v) is 6.76. The van der Waals surface area contributed by atoms with Crippen molar-refractivity contribution in [3.63, 3.8) is 0 Å². The smallest absolute Gasteiger partial charge is 0.310 e. The minimum Gasteiger partial charge on any atom is -0.481 e. The predicted octanol–water partition coefficient (Wildman–Crippen LogP) is 3.21. The van der Waals surface area contributed by atoms with Gasteiger partial charge in [0, 0.05) is 18.2 Å². The van der Waals surface area contributed by atoms with Crippen LogP contribution in [0.1, 0.15) is 38.3 Å². The molecule has 110 valence electrons. The maximum absolute atomic E-state index is 13.8. The number of carboxylic acids is 1. The van der Waals surface area contributed by atoms with E-state index in [1.807, 2.05) is 4.90 Å². The quantitative estimate of drug-likeness (QED) is 0.926. The van der Waals surface area contributed by atoms with E-state index in [1.54, 1.807) is 13.8 Å². The predicted molar refractivity (Wildman–Crippen MR) is 71.3 cm³/mol. The van der Waals surface area contributed by atoms with Crippen LogP contribution >= 0.6 is 0 Å². The molecule has 20 heavy (non-hydrogen) atoms. The SMILES string of the molecule is CC(c1cc(F)ccc1F)N1CCCC(C)(C(=O)O)C1. The van der Waals surface area contributed by atoms with Crippen molar-refractivity contribution in [2.75, 3.05) is 13.1 Å². The van der Waals surface area contributed by atoms with Gasteiger partial charge in [-0.1, -0.05) is 0 Å². The summed E-state index contributed by atoms with van der Waals surface area (Å²) in [5, 5.41) is 9.31. The van der Waals surface area contributed by atoms with Crippen LogP contribution < -0.4 is 0 Å². The van der Waals surface area contributed by atoms with Crippen molar-refractivity contribution in [3.8, 4) is 0 Å². The lowest BCUT2D eigenvalue weighted by Crippen LogP contribution is -2.46. The summed E-state index contributed by atoms with van der Waals surface area (Å²) in [5.74, 6) is -1.78. The second-order valence-corrected chi connectivity index (χ2v) is 5.78. The third-order valence-electron chi connectivity index (χ3n) is 4.20. The highest BCUT2D eigenvalue weighted by atomic mass is 19.1. The van der Waals surface area contributed by atoms with E-state index in [1.165, 1.54) is 6.07 Å². The van der Waals surface area contributed by atoms with E-state index in [0.29, 0.717) is 19.5 Å². The summed E-state index contributed by atoms with van der Waals surface area (Å²) in [6.07, 6.45) is 1.35. The van der Waals surface area contributed by atoms with Crippen molar-refractivity contribution in [2.45, 2.75) is 32.7 Å². The average Bonchev–Trinajstić information content (AvgIpc) is 2.40. The van der Waals surface area contributed by atoms with Crippen molar-refractivity contribution in [2.24, 2.45) is 5.41 Å². The Morgan fingerprint density at radius 2 is 2.15 bits per heavy atom. The topological polar surface area (TPSA) is 40.5 Å². The zero-order valence-corrected chi connectivity index (χ0v) is 11.7. The van der Waals surface area contributed by atoms with Crippen LogP contribution in [0.3, 0.4) is 0 Å². The fourth-order valence-electron chi connectivity index (χ4n) is 2.82. The molecular weight excluding hydrogens is 264 g/mol. The highest BCUT2D eigenvalue weighted by molar-refractivity contribution is 5.74. The van der Waals surface area contributed by atoms with E-state index >= 15 is 0 Å². The fourth-order valence-corrected chi connectivity index (χ4v) is 2.82. The van der Waals surface area contributed by atoms with E-state index in [9.17, 15) is 18.7 Å². The number of hydrogen-bond donors (Lipinski definition) is 1. The summed E-state index contributed by atoms with van der Waals surface area (Å²) < 4.78 is 27.1. The van der Waals surface area contributed by atoms with Crippen molar-refractivity contribution in [1.82, 2.24) is 4.90 Å². The molecule has 1 aromatic rings. The molecule has 1 aliphatic heterocycles. The van der Waals surface area contributed by atoms with Gasteiger partial charge < -0.3 is 5.11 Å². The lowest BCUT2D eigenvalue weighted by molar-refractivity contribution is -0.151. The maximum atomic E-state index is 13.8. The van der Waals surface area contributed by atoms with Gasteiger partial charge >= 0.3 is 5.97 Å². The highest BCUT2D eigenvalue weighted by Crippen LogP contribution is 2.35. The number of carboxylic acid groups (broad SMARTS) is 1. The zero-order valence-electron chi connectivity index (χ0n) is 11.7. The molecule has 2 atom stereocenters. The Bertz CT molecular complexity index is 521. The van der Waals surface area contributed by atoms with E-state index < -0.39 is 23.0 Å². The van der Waals surface area contributed by atoms with Crippen molar-refractivity contribution >= 4 is 5.97 Å². The molecule has 2 unspecified atom stereocenters. The summed E-state index contributed by atoms with van der Waals surface area (Å²) in [6, 6.07) is 3.04. The molecular formula is C15H19F2NO2. The van der Waals surface area contributed by atoms with Gasteiger partial charge in [0.25, 0.3) is 0 Å². The summed E-state index contributed by atoms with van der Waals surface area (Å²) in [5.41, 5.74) is -0.546. The normalized spacial score (nSPS) is 25.4. The number of halogens is 2. The fraction of sp³-hybridized carbons (Fsp3) is 0.533. The first kappa shape index (κ1) is 14.9. The van der Waals surface area contributed by atoms with E-state index in [0.717, 1.165) is 18.6 Å². The molecule has 1 N–H and O–H groups in total. The number of rotatable bonds is 3. The Labute approximate surface area is 117 Å². The molecule has 0 spiro atoms. The Hall–Kier alpha value is -1.49. The van der Waals surface area contributed by atoms with Gasteiger partial charge in [0.2, 0.25) is 0 Å². The van der Waals surface area contributed by atoms with Crippen molar-refractivity contribution in [1.29, 1.82) is 0 Å². The highest BCUT2D eigenvalue weighted by Gasteiger charge is 2.39. The monoisotopic (exact) mass is 283 g/mol. The van der Waals surface area contributed by atoms with Crippen LogP contribution in [0.5, 0.6) is 0 Å². The summed E-state index contributed by atoms with van der Waals surface area (Å²) in [6.45, 7) is 4.53. The van der Waals surface area contributed by atoms with Gasteiger partial charge in [0.1, 0.15) is 11.6 Å². The lowest BCUT2D eigenvalue weighted by Gasteiger charge is -2.40. The first-order valence-electron chi connectivity index (χ1n) is 6.76. The van der Waals surface area contributed by atoms with E-state index in [-0.39, 0.29) is 11.6 Å². The van der Waals surface area contributed by atoms with Crippen LogP contribution in [0.4, 0.5) is 8.78 Å². The Kier molecular flexibility index (Phi) is 4.09. The van der Waals surface area contributed by atoms with Gasteiger partial charge in [-0.3, -0.25) is 9.69 Å². The minimum absolute atomic E-state index is 0.277. The molecule has 0 aliphatic carbocycles. The molecule has 2 rings (SSSR count). The van der Waals surface area contributed by atoms with Gasteiger partial charge in [-0.05, 0) is 51.4 Å². The molecule has 0 bridgehead atoms. The third kappa shape index (κ3) is 2.82. The van der Waals surface area contributed by atoms with Crippen LogP contribution in [-0.4, -0.2) is 29.1 Å². The third-order valence-corrected chi connectivity index (χ3v) is 4.20. The Balaban J connectivity index is 2.22. The molecule has 1 aliphatic rings. The Morgan fingerprint density at radius 3 is 2.80 bits per heavy atom. The summed E-state index contributed by atoms with van der Waals surface area (Å²) in [4.78, 5) is 13.3. The van der Waals surface area contributed by atoms with Gasteiger partial charge in [0.05, 0.1) is 5.41 Å².